The normalized spacial score (nSPS) is 10.9. The number of ether oxygens (including phenoxy) is 1. The van der Waals surface area contributed by atoms with Crippen LogP contribution in [0.1, 0.15) is 12.0 Å². The van der Waals surface area contributed by atoms with Gasteiger partial charge in [-0.05, 0) is 30.2 Å². The number of rotatable bonds is 9. The molecule has 5 N–H and O–H groups in total. The summed E-state index contributed by atoms with van der Waals surface area (Å²) in [5.74, 6) is 0.653. The van der Waals surface area contributed by atoms with Crippen molar-refractivity contribution >= 4 is 44.3 Å². The standard InChI is InChI=1S/C23H25N7OS/c1-26-21-15(11-24)9-16(13-29-21)18-10-17(14-5-3-6-27-12-14)19-20(25)23(32-22(19)30-18)28-7-4-8-31-2/h3,5-6,9-13,24,28H,4,7-8,25H2,1-2H3,(H,26,29). The Kier molecular flexibility index (Phi) is 6.58. The molecule has 0 bridgehead atoms. The third-order valence-corrected chi connectivity index (χ3v) is 6.14. The molecule has 0 radical (unpaired) electrons. The van der Waals surface area contributed by atoms with Crippen molar-refractivity contribution in [2.24, 2.45) is 0 Å². The summed E-state index contributed by atoms with van der Waals surface area (Å²) in [7, 11) is 3.48. The summed E-state index contributed by atoms with van der Waals surface area (Å²) in [5, 5.41) is 15.9. The topological polar surface area (TPSA) is 122 Å². The van der Waals surface area contributed by atoms with Gasteiger partial charge in [-0.15, -0.1) is 0 Å². The largest absolute Gasteiger partial charge is 0.396 e. The fourth-order valence-corrected chi connectivity index (χ4v) is 4.55. The van der Waals surface area contributed by atoms with Crippen molar-refractivity contribution in [1.82, 2.24) is 15.0 Å². The predicted octanol–water partition coefficient (Wildman–Crippen LogP) is 4.49. The number of pyridine rings is 3. The number of nitrogen functional groups attached to an aromatic ring is 1. The lowest BCUT2D eigenvalue weighted by atomic mass is 10.0. The second kappa shape index (κ2) is 9.71. The zero-order valence-electron chi connectivity index (χ0n) is 18.0. The Morgan fingerprint density at radius 2 is 2.12 bits per heavy atom. The van der Waals surface area contributed by atoms with Gasteiger partial charge in [0.15, 0.2) is 0 Å². The molecule has 0 saturated carbocycles. The van der Waals surface area contributed by atoms with Crippen molar-refractivity contribution < 1.29 is 4.74 Å². The maximum atomic E-state index is 7.72. The van der Waals surface area contributed by atoms with E-state index in [1.54, 1.807) is 26.6 Å². The number of nitrogens with one attached hydrogen (secondary N) is 3. The second-order valence-electron chi connectivity index (χ2n) is 7.15. The van der Waals surface area contributed by atoms with Crippen LogP contribution >= 0.6 is 11.3 Å². The summed E-state index contributed by atoms with van der Waals surface area (Å²) >= 11 is 1.53. The van der Waals surface area contributed by atoms with E-state index < -0.39 is 0 Å². The lowest BCUT2D eigenvalue weighted by Gasteiger charge is -2.10. The van der Waals surface area contributed by atoms with Crippen LogP contribution in [-0.2, 0) is 4.74 Å². The number of methoxy groups -OCH3 is 1. The van der Waals surface area contributed by atoms with E-state index in [1.165, 1.54) is 17.6 Å². The highest BCUT2D eigenvalue weighted by atomic mass is 32.1. The van der Waals surface area contributed by atoms with Crippen LogP contribution in [-0.4, -0.2) is 48.5 Å². The molecule has 4 aromatic rings. The number of hydrogen-bond acceptors (Lipinski definition) is 9. The molecule has 32 heavy (non-hydrogen) atoms. The van der Waals surface area contributed by atoms with Crippen LogP contribution in [0, 0.1) is 5.41 Å². The van der Waals surface area contributed by atoms with Gasteiger partial charge >= 0.3 is 0 Å². The Labute approximate surface area is 190 Å². The van der Waals surface area contributed by atoms with Gasteiger partial charge in [-0.25, -0.2) is 9.97 Å². The van der Waals surface area contributed by atoms with E-state index in [-0.39, 0.29) is 0 Å². The van der Waals surface area contributed by atoms with Gasteiger partial charge in [-0.1, -0.05) is 17.4 Å². The summed E-state index contributed by atoms with van der Waals surface area (Å²) in [6, 6.07) is 7.85. The fourth-order valence-electron chi connectivity index (χ4n) is 3.51. The minimum Gasteiger partial charge on any atom is -0.396 e. The number of anilines is 3. The Balaban J connectivity index is 1.86. The lowest BCUT2D eigenvalue weighted by molar-refractivity contribution is 0.198. The van der Waals surface area contributed by atoms with E-state index in [2.05, 4.69) is 20.6 Å². The maximum absolute atomic E-state index is 7.72. The molecule has 0 atom stereocenters. The van der Waals surface area contributed by atoms with Crippen LogP contribution < -0.4 is 16.4 Å². The van der Waals surface area contributed by atoms with Crippen molar-refractivity contribution in [2.75, 3.05) is 43.7 Å². The van der Waals surface area contributed by atoms with Crippen LogP contribution in [0.15, 0.2) is 42.9 Å². The van der Waals surface area contributed by atoms with Gasteiger partial charge in [0.05, 0.1) is 11.4 Å². The van der Waals surface area contributed by atoms with Gasteiger partial charge < -0.3 is 26.5 Å². The molecule has 0 unspecified atom stereocenters. The number of thiophene rings is 1. The van der Waals surface area contributed by atoms with Crippen molar-refractivity contribution in [1.29, 1.82) is 5.41 Å². The molecule has 0 spiro atoms. The van der Waals surface area contributed by atoms with Gasteiger partial charge in [0, 0.05) is 74.2 Å². The Morgan fingerprint density at radius 1 is 1.25 bits per heavy atom. The number of fused-ring (bicyclic) bond motifs is 1. The smallest absolute Gasteiger partial charge is 0.134 e. The number of nitrogens with two attached hydrogens (primary N) is 1. The van der Waals surface area contributed by atoms with Crippen LogP contribution in [0.25, 0.3) is 32.6 Å². The average molecular weight is 448 g/mol. The molecule has 0 fully saturated rings. The minimum atomic E-state index is 0.653. The van der Waals surface area contributed by atoms with E-state index in [0.29, 0.717) is 23.7 Å². The number of nitrogens with zero attached hydrogens (tertiary/aromatic N) is 3. The highest BCUT2D eigenvalue weighted by Crippen LogP contribution is 2.43. The molecule has 4 aromatic heterocycles. The summed E-state index contributed by atoms with van der Waals surface area (Å²) in [5.41, 5.74) is 11.5. The average Bonchev–Trinajstić information content (AvgIpc) is 3.16. The van der Waals surface area contributed by atoms with Gasteiger partial charge in [0.25, 0.3) is 0 Å². The van der Waals surface area contributed by atoms with E-state index in [1.807, 2.05) is 30.5 Å². The highest BCUT2D eigenvalue weighted by Gasteiger charge is 2.18. The van der Waals surface area contributed by atoms with Crippen LogP contribution in [0.4, 0.5) is 16.5 Å². The van der Waals surface area contributed by atoms with Gasteiger partial charge in [0.1, 0.15) is 15.6 Å². The predicted molar refractivity (Wildman–Crippen MR) is 133 cm³/mol. The molecule has 4 rings (SSSR count). The SMILES string of the molecule is CNc1ncc(-c2cc(-c3cccnc3)c3c(N)c(NCCCOC)sc3n2)cc1C=N. The number of hydrogen-bond donors (Lipinski definition) is 4. The fraction of sp³-hybridized carbons (Fsp3) is 0.217. The zero-order chi connectivity index (χ0) is 22.5. The summed E-state index contributed by atoms with van der Waals surface area (Å²) < 4.78 is 5.13. The first-order valence-electron chi connectivity index (χ1n) is 10.2. The molecule has 0 amide bonds. The van der Waals surface area contributed by atoms with Crippen molar-refractivity contribution in [2.45, 2.75) is 6.42 Å². The van der Waals surface area contributed by atoms with Gasteiger partial charge in [-0.2, -0.15) is 0 Å². The molecule has 9 heteroatoms. The van der Waals surface area contributed by atoms with Gasteiger partial charge in [0.2, 0.25) is 0 Å². The summed E-state index contributed by atoms with van der Waals surface area (Å²) in [4.78, 5) is 14.5. The van der Waals surface area contributed by atoms with Crippen LogP contribution in [0.5, 0.6) is 0 Å². The van der Waals surface area contributed by atoms with E-state index in [4.69, 9.17) is 20.9 Å². The lowest BCUT2D eigenvalue weighted by Crippen LogP contribution is -2.04. The van der Waals surface area contributed by atoms with Crippen LogP contribution in [0.2, 0.25) is 0 Å². The molecule has 0 saturated heterocycles. The van der Waals surface area contributed by atoms with Crippen LogP contribution in [0.3, 0.4) is 0 Å². The van der Waals surface area contributed by atoms with E-state index in [9.17, 15) is 0 Å². The molecule has 0 aromatic carbocycles. The van der Waals surface area contributed by atoms with E-state index in [0.717, 1.165) is 50.6 Å². The maximum Gasteiger partial charge on any atom is 0.134 e. The van der Waals surface area contributed by atoms with E-state index >= 15 is 0 Å². The first-order valence-corrected chi connectivity index (χ1v) is 11.0. The van der Waals surface area contributed by atoms with Gasteiger partial charge in [-0.3, -0.25) is 4.98 Å². The summed E-state index contributed by atoms with van der Waals surface area (Å²) in [6.45, 7) is 1.45. The molecular weight excluding hydrogens is 422 g/mol. The third-order valence-electron chi connectivity index (χ3n) is 5.09. The Morgan fingerprint density at radius 3 is 2.84 bits per heavy atom. The Bertz CT molecular complexity index is 1240. The zero-order valence-corrected chi connectivity index (χ0v) is 18.8. The Hall–Kier alpha value is -3.56. The molecule has 8 nitrogen and oxygen atoms in total. The molecule has 0 aliphatic heterocycles. The quantitative estimate of drug-likeness (QED) is 0.220. The van der Waals surface area contributed by atoms with Crippen molar-refractivity contribution in [3.05, 3.63) is 48.4 Å². The van der Waals surface area contributed by atoms with Crippen molar-refractivity contribution in [3.8, 4) is 22.4 Å². The molecule has 0 aliphatic rings. The number of aromatic nitrogens is 3. The summed E-state index contributed by atoms with van der Waals surface area (Å²) in [6.07, 6.45) is 7.51. The minimum absolute atomic E-state index is 0.653. The molecular formula is C23H25N7OS. The van der Waals surface area contributed by atoms with Crippen molar-refractivity contribution in [3.63, 3.8) is 0 Å². The molecule has 164 valence electrons. The first-order chi connectivity index (χ1) is 15.7. The monoisotopic (exact) mass is 447 g/mol. The third kappa shape index (κ3) is 4.25. The highest BCUT2D eigenvalue weighted by molar-refractivity contribution is 7.23. The molecule has 4 heterocycles. The first kappa shape index (κ1) is 21.7. The second-order valence-corrected chi connectivity index (χ2v) is 8.15. The molecule has 0 aliphatic carbocycles.